The van der Waals surface area contributed by atoms with Crippen molar-refractivity contribution in [3.8, 4) is 0 Å². The van der Waals surface area contributed by atoms with Crippen molar-refractivity contribution in [3.05, 3.63) is 0 Å². The summed E-state index contributed by atoms with van der Waals surface area (Å²) < 4.78 is 17.6. The van der Waals surface area contributed by atoms with E-state index in [0.29, 0.717) is 56.8 Å². The number of rotatable bonds is 59. The van der Waals surface area contributed by atoms with E-state index in [4.69, 9.17) is 14.2 Å². The van der Waals surface area contributed by atoms with E-state index in [1.54, 1.807) is 0 Å². The van der Waals surface area contributed by atoms with Gasteiger partial charge in [-0.05, 0) is 114 Å². The molecule has 430 valence electrons. The van der Waals surface area contributed by atoms with Crippen molar-refractivity contribution in [2.24, 2.45) is 17.8 Å². The Hall–Kier alpha value is -1.67. The maximum atomic E-state index is 12.9. The highest BCUT2D eigenvalue weighted by Gasteiger charge is 2.16. The Morgan fingerprint density at radius 1 is 0.319 bits per heavy atom. The molecule has 3 unspecified atom stereocenters. The molecule has 0 rings (SSSR count). The second-order valence-corrected chi connectivity index (χ2v) is 22.5. The lowest BCUT2D eigenvalue weighted by Crippen LogP contribution is -2.34. The van der Waals surface area contributed by atoms with E-state index in [1.165, 1.54) is 205 Å². The van der Waals surface area contributed by atoms with Crippen molar-refractivity contribution >= 4 is 17.9 Å². The van der Waals surface area contributed by atoms with Crippen LogP contribution in [0.25, 0.3) is 0 Å². The second kappa shape index (κ2) is 57.0. The quantitative estimate of drug-likeness (QED) is 0.0366. The fourth-order valence-electron chi connectivity index (χ4n) is 10.2. The number of carbonyl (C=O) groups is 3. The summed E-state index contributed by atoms with van der Waals surface area (Å²) in [5.74, 6) is 1.47. The first kappa shape index (κ1) is 70.3. The first-order valence-corrected chi connectivity index (χ1v) is 32.2. The summed E-state index contributed by atoms with van der Waals surface area (Å²) in [5, 5.41) is 3.68. The van der Waals surface area contributed by atoms with E-state index in [0.717, 1.165) is 90.5 Å². The number of carbonyl (C=O) groups excluding carboxylic acids is 3. The van der Waals surface area contributed by atoms with Crippen LogP contribution < -0.4 is 5.32 Å². The minimum absolute atomic E-state index is 0. The second-order valence-electron chi connectivity index (χ2n) is 22.5. The number of nitrogens with zero attached hydrogens (tertiary/aromatic N) is 1. The van der Waals surface area contributed by atoms with Gasteiger partial charge in [-0.1, -0.05) is 228 Å². The lowest BCUT2D eigenvalue weighted by atomic mass is 9.95. The van der Waals surface area contributed by atoms with E-state index in [2.05, 4.69) is 51.8 Å². The summed E-state index contributed by atoms with van der Waals surface area (Å²) >= 11 is 0. The predicted molar refractivity (Wildman–Crippen MR) is 312 cm³/mol. The molecule has 0 fully saturated rings. The Balaban J connectivity index is 0. The molecule has 0 aromatic heterocycles. The molecule has 0 aliphatic carbocycles. The van der Waals surface area contributed by atoms with Crippen LogP contribution in [0, 0.1) is 17.8 Å². The number of hydrogen-bond donors (Lipinski definition) is 1. The van der Waals surface area contributed by atoms with Gasteiger partial charge in [-0.2, -0.15) is 0 Å². The molecule has 0 aromatic carbocycles. The van der Waals surface area contributed by atoms with Crippen molar-refractivity contribution in [1.29, 1.82) is 0 Å². The zero-order valence-corrected chi connectivity index (χ0v) is 49.4. The van der Waals surface area contributed by atoms with Gasteiger partial charge in [0.15, 0.2) is 0 Å². The lowest BCUT2D eigenvalue weighted by Gasteiger charge is -2.22. The number of nitrogens with one attached hydrogen (secondary N) is 1. The van der Waals surface area contributed by atoms with Gasteiger partial charge in [-0.25, -0.2) is 0 Å². The summed E-state index contributed by atoms with van der Waals surface area (Å²) in [6.07, 6.45) is 51.1. The minimum Gasteiger partial charge on any atom is -0.465 e. The fraction of sp³-hybridized carbons (Fsp3) is 0.953. The van der Waals surface area contributed by atoms with Crippen LogP contribution >= 0.6 is 0 Å². The van der Waals surface area contributed by atoms with Crippen LogP contribution in [0.15, 0.2) is 0 Å². The van der Waals surface area contributed by atoms with Gasteiger partial charge in [-0.3, -0.25) is 14.4 Å². The summed E-state index contributed by atoms with van der Waals surface area (Å²) in [6, 6.07) is 0. The third-order valence-corrected chi connectivity index (χ3v) is 15.3. The number of hydrogen-bond acceptors (Lipinski definition) is 8. The Bertz CT molecular complexity index is 1090. The number of ether oxygens (including phenoxy) is 3. The molecule has 0 heterocycles. The highest BCUT2D eigenvalue weighted by molar-refractivity contribution is 5.69. The van der Waals surface area contributed by atoms with Crippen LogP contribution in [0.5, 0.6) is 0 Å². The van der Waals surface area contributed by atoms with Gasteiger partial charge in [0.1, 0.15) is 0 Å². The average molecular weight is 1020 g/mol. The van der Waals surface area contributed by atoms with Gasteiger partial charge in [0.2, 0.25) is 0 Å². The largest absolute Gasteiger partial charge is 0.465 e. The van der Waals surface area contributed by atoms with Crippen LogP contribution in [0.1, 0.15) is 325 Å². The van der Waals surface area contributed by atoms with Crippen LogP contribution in [0.3, 0.4) is 0 Å². The highest BCUT2D eigenvalue weighted by atomic mass is 16.5. The third kappa shape index (κ3) is 50.5. The molecule has 0 aliphatic heterocycles. The molecule has 3 atom stereocenters. The first-order valence-electron chi connectivity index (χ1n) is 32.2. The van der Waals surface area contributed by atoms with Crippen molar-refractivity contribution in [3.63, 3.8) is 0 Å². The van der Waals surface area contributed by atoms with E-state index >= 15 is 0 Å². The smallest absolute Gasteiger partial charge is 0.305 e. The maximum Gasteiger partial charge on any atom is 0.305 e. The van der Waals surface area contributed by atoms with Gasteiger partial charge in [0.05, 0.1) is 19.8 Å². The SMILES string of the molecule is CCCCCCCCC(CCCCCC)COC(=O)CCCCCN(CCCCCC(=O)OCC(CCCCCC)CCCCCCCC)CCNCCCCCC(=O)OCC(CCCC)CCCCCC.[HH]. The lowest BCUT2D eigenvalue weighted by molar-refractivity contribution is -0.146. The van der Waals surface area contributed by atoms with E-state index in [-0.39, 0.29) is 19.3 Å². The molecule has 0 aliphatic rings. The topological polar surface area (TPSA) is 94.2 Å². The molecule has 0 amide bonds. The molecule has 72 heavy (non-hydrogen) atoms. The normalized spacial score (nSPS) is 12.9. The zero-order chi connectivity index (χ0) is 52.6. The third-order valence-electron chi connectivity index (χ3n) is 15.3. The van der Waals surface area contributed by atoms with Crippen LogP contribution in [-0.4, -0.2) is 75.4 Å². The molecule has 8 heteroatoms. The van der Waals surface area contributed by atoms with E-state index < -0.39 is 0 Å². The Morgan fingerprint density at radius 3 is 0.944 bits per heavy atom. The van der Waals surface area contributed by atoms with Gasteiger partial charge >= 0.3 is 17.9 Å². The Labute approximate surface area is 450 Å². The summed E-state index contributed by atoms with van der Waals surface area (Å²) in [4.78, 5) is 40.9. The Morgan fingerprint density at radius 2 is 0.597 bits per heavy atom. The highest BCUT2D eigenvalue weighted by Crippen LogP contribution is 2.23. The summed E-state index contributed by atoms with van der Waals surface area (Å²) in [6.45, 7) is 20.3. The van der Waals surface area contributed by atoms with Crippen LogP contribution in [0.4, 0.5) is 0 Å². The standard InChI is InChI=1S/C64H126N2O6.H2/c1-7-13-19-24-26-34-46-60(44-32-22-16-10-4)57-71-63(68)49-37-29-40-53-66(55-52-65-51-39-28-36-48-62(67)70-56-59(42-18-12-6)43-31-21-15-9-3)54-41-30-38-50-64(69)72-58-61(45-33-23-17-11-5)47-35-27-25-20-14-8-2;/h59-61,65H,7-58H2,1-6H3;1H. The molecule has 0 aromatic rings. The predicted octanol–water partition coefficient (Wildman–Crippen LogP) is 18.9. The van der Waals surface area contributed by atoms with Gasteiger partial charge in [0, 0.05) is 33.8 Å². The molecule has 0 spiro atoms. The van der Waals surface area contributed by atoms with Gasteiger partial charge in [0.25, 0.3) is 0 Å². The maximum absolute atomic E-state index is 12.9. The van der Waals surface area contributed by atoms with E-state index in [9.17, 15) is 14.4 Å². The van der Waals surface area contributed by atoms with Crippen LogP contribution in [-0.2, 0) is 28.6 Å². The Kier molecular flexibility index (Phi) is 55.7. The molecular weight excluding hydrogens is 893 g/mol. The van der Waals surface area contributed by atoms with Crippen molar-refractivity contribution in [1.82, 2.24) is 10.2 Å². The van der Waals surface area contributed by atoms with Crippen molar-refractivity contribution in [2.75, 3.05) is 52.5 Å². The summed E-state index contributed by atoms with van der Waals surface area (Å²) in [7, 11) is 0. The van der Waals surface area contributed by atoms with Gasteiger partial charge in [-0.15, -0.1) is 0 Å². The minimum atomic E-state index is -0.0244. The molecule has 0 saturated carbocycles. The molecule has 1 N–H and O–H groups in total. The van der Waals surface area contributed by atoms with Crippen molar-refractivity contribution < 1.29 is 30.0 Å². The van der Waals surface area contributed by atoms with Crippen LogP contribution in [0.2, 0.25) is 0 Å². The molecule has 0 saturated heterocycles. The molecular formula is C64H128N2O6. The average Bonchev–Trinajstić information content (AvgIpc) is 3.38. The monoisotopic (exact) mass is 1020 g/mol. The van der Waals surface area contributed by atoms with Gasteiger partial charge < -0.3 is 24.4 Å². The first-order chi connectivity index (χ1) is 35.3. The number of unbranched alkanes of at least 4 members (excludes halogenated alkanes) is 26. The molecule has 0 radical (unpaired) electrons. The van der Waals surface area contributed by atoms with Crippen molar-refractivity contribution in [2.45, 2.75) is 324 Å². The molecule has 8 nitrogen and oxygen atoms in total. The summed E-state index contributed by atoms with van der Waals surface area (Å²) in [5.41, 5.74) is 0. The fourth-order valence-corrected chi connectivity index (χ4v) is 10.2. The zero-order valence-electron chi connectivity index (χ0n) is 49.4. The van der Waals surface area contributed by atoms with E-state index in [1.807, 2.05) is 0 Å². The molecule has 0 bridgehead atoms. The number of esters is 3.